The van der Waals surface area contributed by atoms with Crippen LogP contribution in [-0.2, 0) is 7.05 Å². The van der Waals surface area contributed by atoms with Crippen LogP contribution in [0.2, 0.25) is 5.15 Å². The van der Waals surface area contributed by atoms with Gasteiger partial charge in [-0.25, -0.2) is 8.78 Å². The molecule has 2 rings (SSSR count). The van der Waals surface area contributed by atoms with Crippen LogP contribution in [0.25, 0.3) is 5.57 Å². The largest absolute Gasteiger partial charge is 0.256 e. The van der Waals surface area contributed by atoms with Crippen molar-refractivity contribution in [1.82, 2.24) is 9.78 Å². The summed E-state index contributed by atoms with van der Waals surface area (Å²) in [5.74, 6) is -2.55. The molecule has 1 heterocycles. The van der Waals surface area contributed by atoms with Crippen LogP contribution < -0.4 is 0 Å². The van der Waals surface area contributed by atoms with Crippen molar-refractivity contribution in [3.63, 3.8) is 0 Å². The second-order valence-corrected chi connectivity index (χ2v) is 4.15. The van der Waals surface area contributed by atoms with Gasteiger partial charge in [0.1, 0.15) is 5.15 Å². The molecule has 0 atom stereocenters. The average Bonchev–Trinajstić information content (AvgIpc) is 2.47. The van der Waals surface area contributed by atoms with Crippen LogP contribution in [0.15, 0.2) is 12.1 Å². The van der Waals surface area contributed by atoms with Crippen molar-refractivity contribution in [1.29, 1.82) is 0 Å². The van der Waals surface area contributed by atoms with E-state index in [4.69, 9.17) is 11.6 Å². The highest BCUT2D eigenvalue weighted by atomic mass is 35.5. The summed E-state index contributed by atoms with van der Waals surface area (Å²) in [5, 5.41) is 4.67. The third kappa shape index (κ3) is 2.20. The van der Waals surface area contributed by atoms with Gasteiger partial charge in [0, 0.05) is 26.0 Å². The topological polar surface area (TPSA) is 17.8 Å². The molecule has 0 fully saturated rings. The molecule has 0 spiro atoms. The van der Waals surface area contributed by atoms with E-state index in [1.807, 2.05) is 0 Å². The summed E-state index contributed by atoms with van der Waals surface area (Å²) in [5.41, 5.74) is 1.57. The van der Waals surface area contributed by atoms with Crippen molar-refractivity contribution >= 4 is 17.2 Å². The van der Waals surface area contributed by atoms with Crippen molar-refractivity contribution < 1.29 is 8.78 Å². The summed E-state index contributed by atoms with van der Waals surface area (Å²) < 4.78 is 27.3. The van der Waals surface area contributed by atoms with Crippen LogP contribution in [0, 0.1) is 0 Å². The van der Waals surface area contributed by atoms with Crippen LogP contribution in [0.5, 0.6) is 0 Å². The zero-order chi connectivity index (χ0) is 11.1. The Morgan fingerprint density at radius 2 is 2.27 bits per heavy atom. The van der Waals surface area contributed by atoms with Gasteiger partial charge < -0.3 is 0 Å². The Bertz CT molecular complexity index is 390. The molecular formula is C10H11ClF2N2. The van der Waals surface area contributed by atoms with Crippen LogP contribution in [0.3, 0.4) is 0 Å². The maximum atomic E-state index is 12.9. The number of hydrogen-bond acceptors (Lipinski definition) is 1. The predicted molar refractivity (Wildman–Crippen MR) is 55.0 cm³/mol. The molecular weight excluding hydrogens is 222 g/mol. The number of rotatable bonds is 1. The van der Waals surface area contributed by atoms with Crippen LogP contribution in [0.1, 0.15) is 25.0 Å². The molecule has 0 aliphatic heterocycles. The van der Waals surface area contributed by atoms with Crippen molar-refractivity contribution in [3.8, 4) is 0 Å². The first-order valence-corrected chi connectivity index (χ1v) is 5.12. The minimum Gasteiger partial charge on any atom is -0.256 e. The molecule has 1 aliphatic rings. The number of aromatic nitrogens is 2. The van der Waals surface area contributed by atoms with E-state index < -0.39 is 5.92 Å². The van der Waals surface area contributed by atoms with E-state index in [2.05, 4.69) is 5.10 Å². The van der Waals surface area contributed by atoms with Crippen LogP contribution in [0.4, 0.5) is 8.78 Å². The maximum Gasteiger partial charge on any atom is 0.251 e. The van der Waals surface area contributed by atoms with E-state index in [-0.39, 0.29) is 12.8 Å². The molecule has 0 aromatic carbocycles. The molecule has 2 nitrogen and oxygen atoms in total. The van der Waals surface area contributed by atoms with Gasteiger partial charge in [0.15, 0.2) is 0 Å². The Labute approximate surface area is 91.5 Å². The fourth-order valence-electron chi connectivity index (χ4n) is 1.63. The van der Waals surface area contributed by atoms with Gasteiger partial charge in [-0.15, -0.1) is 0 Å². The summed E-state index contributed by atoms with van der Waals surface area (Å²) in [6.07, 6.45) is 1.62. The minimum atomic E-state index is -2.55. The Morgan fingerprint density at radius 1 is 1.53 bits per heavy atom. The predicted octanol–water partition coefficient (Wildman–Crippen LogP) is 3.28. The lowest BCUT2D eigenvalue weighted by Crippen LogP contribution is -2.18. The standard InChI is InChI=1S/C10H11ClF2N2/c1-15-9(11)6-8(14-15)7-2-4-10(12,13)5-3-7/h2,6H,3-5H2,1H3. The summed E-state index contributed by atoms with van der Waals surface area (Å²) in [4.78, 5) is 0. The Hall–Kier alpha value is -0.900. The van der Waals surface area contributed by atoms with Gasteiger partial charge in [-0.05, 0) is 12.0 Å². The highest BCUT2D eigenvalue weighted by molar-refractivity contribution is 6.29. The third-order valence-electron chi connectivity index (χ3n) is 2.56. The third-order valence-corrected chi connectivity index (χ3v) is 2.91. The van der Waals surface area contributed by atoms with Crippen LogP contribution in [-0.4, -0.2) is 15.7 Å². The number of hydrogen-bond donors (Lipinski definition) is 0. The lowest BCUT2D eigenvalue weighted by molar-refractivity contribution is -0.00605. The number of aryl methyl sites for hydroxylation is 1. The summed E-state index contributed by atoms with van der Waals surface area (Å²) >= 11 is 5.83. The van der Waals surface area contributed by atoms with Gasteiger partial charge in [-0.2, -0.15) is 5.10 Å². The first-order valence-electron chi connectivity index (χ1n) is 4.75. The first kappa shape index (κ1) is 10.6. The molecule has 1 aliphatic carbocycles. The van der Waals surface area contributed by atoms with Gasteiger partial charge in [-0.1, -0.05) is 17.7 Å². The highest BCUT2D eigenvalue weighted by Crippen LogP contribution is 2.36. The summed E-state index contributed by atoms with van der Waals surface area (Å²) in [7, 11) is 1.73. The molecule has 0 radical (unpaired) electrons. The Morgan fingerprint density at radius 3 is 2.73 bits per heavy atom. The van der Waals surface area contributed by atoms with E-state index in [1.54, 1.807) is 19.2 Å². The SMILES string of the molecule is Cn1nc(C2=CCC(F)(F)CC2)cc1Cl. The zero-order valence-electron chi connectivity index (χ0n) is 8.30. The molecule has 82 valence electrons. The summed E-state index contributed by atoms with van der Waals surface area (Å²) in [6.45, 7) is 0. The number of alkyl halides is 2. The number of allylic oxidation sites excluding steroid dienone is 2. The quantitative estimate of drug-likeness (QED) is 0.727. The Kier molecular flexibility index (Phi) is 2.54. The zero-order valence-corrected chi connectivity index (χ0v) is 9.06. The minimum absolute atomic E-state index is 0.104. The van der Waals surface area contributed by atoms with E-state index in [9.17, 15) is 8.78 Å². The van der Waals surface area contributed by atoms with Gasteiger partial charge in [0.25, 0.3) is 5.92 Å². The molecule has 0 unspecified atom stereocenters. The van der Waals surface area contributed by atoms with E-state index >= 15 is 0 Å². The van der Waals surface area contributed by atoms with Crippen molar-refractivity contribution in [2.45, 2.75) is 25.2 Å². The van der Waals surface area contributed by atoms with Gasteiger partial charge >= 0.3 is 0 Å². The summed E-state index contributed by atoms with van der Waals surface area (Å²) in [6, 6.07) is 1.71. The molecule has 1 aromatic heterocycles. The smallest absolute Gasteiger partial charge is 0.251 e. The fraction of sp³-hybridized carbons (Fsp3) is 0.500. The fourth-order valence-corrected chi connectivity index (χ4v) is 1.77. The average molecular weight is 233 g/mol. The second-order valence-electron chi connectivity index (χ2n) is 3.77. The molecule has 0 amide bonds. The lowest BCUT2D eigenvalue weighted by Gasteiger charge is -2.20. The second kappa shape index (κ2) is 3.59. The molecule has 1 aromatic rings. The van der Waals surface area contributed by atoms with Gasteiger partial charge in [0.2, 0.25) is 0 Å². The van der Waals surface area contributed by atoms with Gasteiger partial charge in [0.05, 0.1) is 5.69 Å². The molecule has 0 saturated carbocycles. The molecule has 0 N–H and O–H groups in total. The maximum absolute atomic E-state index is 12.9. The number of nitrogens with zero attached hydrogens (tertiary/aromatic N) is 2. The van der Waals surface area contributed by atoms with E-state index in [1.165, 1.54) is 4.68 Å². The normalized spacial score (nSPS) is 20.1. The van der Waals surface area contributed by atoms with E-state index in [0.29, 0.717) is 17.3 Å². The number of halogens is 3. The first-order chi connectivity index (χ1) is 6.98. The molecule has 0 saturated heterocycles. The molecule has 15 heavy (non-hydrogen) atoms. The van der Waals surface area contributed by atoms with Crippen molar-refractivity contribution in [3.05, 3.63) is 23.0 Å². The van der Waals surface area contributed by atoms with Crippen LogP contribution >= 0.6 is 11.6 Å². The lowest BCUT2D eigenvalue weighted by atomic mass is 9.94. The van der Waals surface area contributed by atoms with Crippen molar-refractivity contribution in [2.75, 3.05) is 0 Å². The van der Waals surface area contributed by atoms with Crippen molar-refractivity contribution in [2.24, 2.45) is 7.05 Å². The van der Waals surface area contributed by atoms with E-state index in [0.717, 1.165) is 5.57 Å². The highest BCUT2D eigenvalue weighted by Gasteiger charge is 2.31. The monoisotopic (exact) mass is 232 g/mol. The molecule has 5 heteroatoms. The Balaban J connectivity index is 2.23. The molecule has 0 bridgehead atoms. The van der Waals surface area contributed by atoms with Gasteiger partial charge in [-0.3, -0.25) is 4.68 Å².